The molecule has 0 atom stereocenters. The molecule has 0 radical (unpaired) electrons. The Morgan fingerprint density at radius 1 is 1.00 bits per heavy atom. The second kappa shape index (κ2) is 7.46. The van der Waals surface area contributed by atoms with Gasteiger partial charge in [0.15, 0.2) is 0 Å². The van der Waals surface area contributed by atoms with E-state index in [1.807, 2.05) is 30.3 Å². The standard InChI is InChI=1S/C17H20N2O/c18-17(19)16-11-5-4-10-15(16)13-20-12-6-9-14-7-2-1-3-8-14/h1-5,7-8,10-11H,6,9,12-13H2,(H3,18,19). The molecule has 20 heavy (non-hydrogen) atoms. The predicted molar refractivity (Wildman–Crippen MR) is 81.9 cm³/mol. The van der Waals surface area contributed by atoms with Gasteiger partial charge in [0.1, 0.15) is 5.84 Å². The number of benzene rings is 2. The minimum atomic E-state index is 0.0912. The van der Waals surface area contributed by atoms with Crippen LogP contribution >= 0.6 is 0 Å². The molecule has 0 unspecified atom stereocenters. The number of aryl methyl sites for hydroxylation is 1. The Hall–Kier alpha value is -2.13. The summed E-state index contributed by atoms with van der Waals surface area (Å²) in [7, 11) is 0. The smallest absolute Gasteiger partial charge is 0.123 e. The van der Waals surface area contributed by atoms with Crippen LogP contribution in [0.2, 0.25) is 0 Å². The molecule has 2 aromatic carbocycles. The monoisotopic (exact) mass is 268 g/mol. The Morgan fingerprint density at radius 2 is 1.70 bits per heavy atom. The number of hydrogen-bond donors (Lipinski definition) is 2. The van der Waals surface area contributed by atoms with Crippen molar-refractivity contribution >= 4 is 5.84 Å². The van der Waals surface area contributed by atoms with Gasteiger partial charge in [-0.15, -0.1) is 0 Å². The minimum Gasteiger partial charge on any atom is -0.384 e. The molecule has 0 aliphatic rings. The number of rotatable bonds is 7. The van der Waals surface area contributed by atoms with Crippen molar-refractivity contribution in [3.8, 4) is 0 Å². The summed E-state index contributed by atoms with van der Waals surface area (Å²) in [6.45, 7) is 1.21. The highest BCUT2D eigenvalue weighted by atomic mass is 16.5. The molecule has 2 rings (SSSR count). The van der Waals surface area contributed by atoms with Gasteiger partial charge in [-0.3, -0.25) is 5.41 Å². The first-order chi connectivity index (χ1) is 9.77. The van der Waals surface area contributed by atoms with E-state index in [1.165, 1.54) is 5.56 Å². The number of ether oxygens (including phenoxy) is 1. The summed E-state index contributed by atoms with van der Waals surface area (Å²) < 4.78 is 5.68. The van der Waals surface area contributed by atoms with E-state index >= 15 is 0 Å². The summed E-state index contributed by atoms with van der Waals surface area (Å²) in [4.78, 5) is 0. The number of amidine groups is 1. The molecule has 0 aromatic heterocycles. The van der Waals surface area contributed by atoms with Gasteiger partial charge in [0.25, 0.3) is 0 Å². The molecule has 0 aliphatic carbocycles. The van der Waals surface area contributed by atoms with Gasteiger partial charge >= 0.3 is 0 Å². The van der Waals surface area contributed by atoms with Gasteiger partial charge in [0, 0.05) is 12.2 Å². The van der Waals surface area contributed by atoms with Gasteiger partial charge < -0.3 is 10.5 Å². The lowest BCUT2D eigenvalue weighted by Gasteiger charge is -2.09. The maximum absolute atomic E-state index is 7.53. The van der Waals surface area contributed by atoms with E-state index in [-0.39, 0.29) is 5.84 Å². The maximum atomic E-state index is 7.53. The van der Waals surface area contributed by atoms with Crippen molar-refractivity contribution in [3.05, 3.63) is 71.3 Å². The third-order valence-electron chi connectivity index (χ3n) is 3.16. The minimum absolute atomic E-state index is 0.0912. The molecule has 0 saturated carbocycles. The van der Waals surface area contributed by atoms with Gasteiger partial charge in [-0.25, -0.2) is 0 Å². The molecule has 3 nitrogen and oxygen atoms in total. The fraction of sp³-hybridized carbons (Fsp3) is 0.235. The van der Waals surface area contributed by atoms with Crippen LogP contribution in [0.1, 0.15) is 23.1 Å². The Bertz CT molecular complexity index is 552. The predicted octanol–water partition coefficient (Wildman–Crippen LogP) is 3.12. The van der Waals surface area contributed by atoms with Gasteiger partial charge in [-0.05, 0) is 24.0 Å². The Kier molecular flexibility index (Phi) is 5.33. The molecule has 3 heteroatoms. The molecule has 0 aliphatic heterocycles. The fourth-order valence-electron chi connectivity index (χ4n) is 2.11. The van der Waals surface area contributed by atoms with Crippen molar-refractivity contribution in [1.82, 2.24) is 0 Å². The lowest BCUT2D eigenvalue weighted by molar-refractivity contribution is 0.118. The molecule has 0 amide bonds. The topological polar surface area (TPSA) is 59.1 Å². The average molecular weight is 268 g/mol. The second-order valence-corrected chi connectivity index (χ2v) is 4.71. The summed E-state index contributed by atoms with van der Waals surface area (Å²) in [6, 6.07) is 18.0. The molecule has 104 valence electrons. The molecule has 3 N–H and O–H groups in total. The van der Waals surface area contributed by atoms with Crippen LogP contribution in [0.3, 0.4) is 0 Å². The van der Waals surface area contributed by atoms with Crippen LogP contribution in [0.5, 0.6) is 0 Å². The van der Waals surface area contributed by atoms with Crippen molar-refractivity contribution < 1.29 is 4.74 Å². The average Bonchev–Trinajstić information content (AvgIpc) is 2.48. The molecule has 0 saturated heterocycles. The van der Waals surface area contributed by atoms with E-state index in [2.05, 4.69) is 24.3 Å². The SMILES string of the molecule is N=C(N)c1ccccc1COCCCc1ccccc1. The van der Waals surface area contributed by atoms with Crippen LogP contribution < -0.4 is 5.73 Å². The highest BCUT2D eigenvalue weighted by molar-refractivity contribution is 5.96. The lowest BCUT2D eigenvalue weighted by atomic mass is 10.1. The van der Waals surface area contributed by atoms with Gasteiger partial charge in [0.2, 0.25) is 0 Å². The first-order valence-electron chi connectivity index (χ1n) is 6.81. The zero-order valence-electron chi connectivity index (χ0n) is 11.5. The molecular formula is C17H20N2O. The first-order valence-corrected chi connectivity index (χ1v) is 6.81. The van der Waals surface area contributed by atoms with Crippen LogP contribution in [0, 0.1) is 5.41 Å². The van der Waals surface area contributed by atoms with Gasteiger partial charge in [0.05, 0.1) is 6.61 Å². The second-order valence-electron chi connectivity index (χ2n) is 4.71. The van der Waals surface area contributed by atoms with E-state index in [0.717, 1.165) is 24.0 Å². The lowest BCUT2D eigenvalue weighted by Crippen LogP contribution is -2.14. The summed E-state index contributed by atoms with van der Waals surface area (Å²) in [5.74, 6) is 0.0912. The van der Waals surface area contributed by atoms with Crippen LogP contribution in [-0.2, 0) is 17.8 Å². The van der Waals surface area contributed by atoms with Crippen molar-refractivity contribution in [2.45, 2.75) is 19.4 Å². The Morgan fingerprint density at radius 3 is 2.45 bits per heavy atom. The van der Waals surface area contributed by atoms with E-state index in [4.69, 9.17) is 15.9 Å². The van der Waals surface area contributed by atoms with Crippen LogP contribution in [0.25, 0.3) is 0 Å². The number of nitrogens with one attached hydrogen (secondary N) is 1. The molecule has 0 fully saturated rings. The Labute approximate surface area is 119 Å². The molecular weight excluding hydrogens is 248 g/mol. The first kappa shape index (κ1) is 14.3. The molecule has 2 aromatic rings. The van der Waals surface area contributed by atoms with Crippen molar-refractivity contribution in [2.75, 3.05) is 6.61 Å². The quantitative estimate of drug-likeness (QED) is 0.460. The highest BCUT2D eigenvalue weighted by Gasteiger charge is 2.04. The zero-order valence-corrected chi connectivity index (χ0v) is 11.5. The molecule has 0 spiro atoms. The van der Waals surface area contributed by atoms with Crippen LogP contribution in [0.15, 0.2) is 54.6 Å². The third-order valence-corrected chi connectivity index (χ3v) is 3.16. The summed E-state index contributed by atoms with van der Waals surface area (Å²) in [5, 5.41) is 7.53. The third kappa shape index (κ3) is 4.21. The summed E-state index contributed by atoms with van der Waals surface area (Å²) in [6.07, 6.45) is 2.02. The van der Waals surface area contributed by atoms with E-state index in [1.54, 1.807) is 0 Å². The highest BCUT2D eigenvalue weighted by Crippen LogP contribution is 2.10. The van der Waals surface area contributed by atoms with Gasteiger partial charge in [-0.1, -0.05) is 54.6 Å². The normalized spacial score (nSPS) is 10.4. The number of nitrogens with two attached hydrogens (primary N) is 1. The van der Waals surface area contributed by atoms with Gasteiger partial charge in [-0.2, -0.15) is 0 Å². The van der Waals surface area contributed by atoms with E-state index in [0.29, 0.717) is 13.2 Å². The largest absolute Gasteiger partial charge is 0.384 e. The van der Waals surface area contributed by atoms with E-state index in [9.17, 15) is 0 Å². The number of hydrogen-bond acceptors (Lipinski definition) is 2. The maximum Gasteiger partial charge on any atom is 0.123 e. The summed E-state index contributed by atoms with van der Waals surface area (Å²) in [5.41, 5.74) is 8.61. The Balaban J connectivity index is 1.75. The molecule has 0 bridgehead atoms. The zero-order chi connectivity index (χ0) is 14.2. The molecule has 0 heterocycles. The van der Waals surface area contributed by atoms with Crippen molar-refractivity contribution in [1.29, 1.82) is 5.41 Å². The van der Waals surface area contributed by atoms with Crippen molar-refractivity contribution in [2.24, 2.45) is 5.73 Å². The van der Waals surface area contributed by atoms with E-state index < -0.39 is 0 Å². The van der Waals surface area contributed by atoms with Crippen LogP contribution in [0.4, 0.5) is 0 Å². The van der Waals surface area contributed by atoms with Crippen molar-refractivity contribution in [3.63, 3.8) is 0 Å². The number of nitrogen functional groups attached to an aromatic ring is 1. The fourth-order valence-corrected chi connectivity index (χ4v) is 2.11. The summed E-state index contributed by atoms with van der Waals surface area (Å²) >= 11 is 0. The van der Waals surface area contributed by atoms with Crippen LogP contribution in [-0.4, -0.2) is 12.4 Å².